The van der Waals surface area contributed by atoms with Gasteiger partial charge in [0.15, 0.2) is 12.2 Å². The van der Waals surface area contributed by atoms with Gasteiger partial charge in [-0.1, -0.05) is 336 Å². The van der Waals surface area contributed by atoms with Gasteiger partial charge in [0, 0.05) is 25.7 Å². The number of allylic oxidation sites excluding steroid dienone is 4. The SMILES string of the molecule is CCCCCC/C=C\C=C/CCCCCCCC(=O)O[C@H](COC(=O)CCCCCCCCCCC(C)CC)COP(=O)(O)OCC(O)COP(=O)(O)OC[C@@H](COC(=O)CCCCCCCCCC(C)C)OC(=O)CCCCCCCCCCCCCCCCCCCCC(C)CC. The van der Waals surface area contributed by atoms with Gasteiger partial charge >= 0.3 is 39.5 Å². The minimum Gasteiger partial charge on any atom is -0.462 e. The second-order valence-corrected chi connectivity index (χ2v) is 32.0. The number of rotatable bonds is 76. The van der Waals surface area contributed by atoms with Gasteiger partial charge < -0.3 is 33.8 Å². The molecule has 0 saturated heterocycles. The largest absolute Gasteiger partial charge is 0.472 e. The Labute approximate surface area is 605 Å². The van der Waals surface area contributed by atoms with Crippen molar-refractivity contribution in [2.75, 3.05) is 39.6 Å². The van der Waals surface area contributed by atoms with E-state index in [4.69, 9.17) is 37.0 Å². The lowest BCUT2D eigenvalue weighted by molar-refractivity contribution is -0.161. The first kappa shape index (κ1) is 96.5. The van der Waals surface area contributed by atoms with Crippen molar-refractivity contribution < 1.29 is 80.2 Å². The maximum absolute atomic E-state index is 13.1. The summed E-state index contributed by atoms with van der Waals surface area (Å²) < 4.78 is 68.6. The Hall–Kier alpha value is -2.46. The zero-order valence-electron chi connectivity index (χ0n) is 64.4. The van der Waals surface area contributed by atoms with Crippen LogP contribution in [-0.2, 0) is 65.4 Å². The lowest BCUT2D eigenvalue weighted by Crippen LogP contribution is -2.30. The molecule has 0 bridgehead atoms. The van der Waals surface area contributed by atoms with E-state index in [0.717, 1.165) is 121 Å². The summed E-state index contributed by atoms with van der Waals surface area (Å²) in [4.78, 5) is 72.9. The van der Waals surface area contributed by atoms with Crippen molar-refractivity contribution in [2.24, 2.45) is 17.8 Å². The standard InChI is InChI=1S/C80H152O17P2/c1-8-11-12-13-14-15-16-17-22-26-29-32-41-49-56-63-79(84)96-75(67-90-77(82)61-54-47-40-35-34-39-46-53-60-73(7)10-3)69-94-98(86,87)92-65-74(81)66-93-99(88,89)95-70-76(68-91-78(83)62-55-48-43-36-37-44-51-58-71(4)5)97-80(85)64-57-50-42-33-30-27-24-21-19-18-20-23-25-28-31-38-45-52-59-72(6)9-2/h15-17,22,71-76,81H,8-14,18-21,23-70H2,1-7H3,(H,86,87)(H,88,89)/b16-15-,22-17-/t72?,73?,74?,75-,76-/m1/s1. The van der Waals surface area contributed by atoms with Gasteiger partial charge in [0.05, 0.1) is 26.4 Å². The molecule has 0 aliphatic heterocycles. The lowest BCUT2D eigenvalue weighted by Gasteiger charge is -2.21. The molecule has 7 atom stereocenters. The van der Waals surface area contributed by atoms with Gasteiger partial charge in [-0.25, -0.2) is 9.13 Å². The highest BCUT2D eigenvalue weighted by Crippen LogP contribution is 2.45. The number of phosphoric acid groups is 2. The number of aliphatic hydroxyl groups is 1. The van der Waals surface area contributed by atoms with Crippen molar-refractivity contribution in [2.45, 2.75) is 407 Å². The Kier molecular flexibility index (Phi) is 68.1. The maximum atomic E-state index is 13.1. The average molecular weight is 1450 g/mol. The van der Waals surface area contributed by atoms with Crippen molar-refractivity contribution in [1.82, 2.24) is 0 Å². The third-order valence-electron chi connectivity index (χ3n) is 18.7. The van der Waals surface area contributed by atoms with E-state index in [1.165, 1.54) is 180 Å². The fourth-order valence-corrected chi connectivity index (χ4v) is 13.3. The first-order valence-electron chi connectivity index (χ1n) is 40.7. The molecule has 5 unspecified atom stereocenters. The topological polar surface area (TPSA) is 237 Å². The van der Waals surface area contributed by atoms with Crippen molar-refractivity contribution in [3.63, 3.8) is 0 Å². The summed E-state index contributed by atoms with van der Waals surface area (Å²) in [5, 5.41) is 10.6. The van der Waals surface area contributed by atoms with Crippen LogP contribution in [0.4, 0.5) is 0 Å². The Bertz CT molecular complexity index is 2020. The molecule has 99 heavy (non-hydrogen) atoms. The number of carbonyl (C=O) groups is 4. The number of unbranched alkanes of at least 4 members (excludes halogenated alkanes) is 39. The molecule has 0 saturated carbocycles. The van der Waals surface area contributed by atoms with Gasteiger partial charge in [-0.2, -0.15) is 0 Å². The zero-order chi connectivity index (χ0) is 73.0. The number of esters is 4. The van der Waals surface area contributed by atoms with Gasteiger partial charge in [-0.3, -0.25) is 37.3 Å². The minimum absolute atomic E-state index is 0.0843. The monoisotopic (exact) mass is 1450 g/mol. The third-order valence-corrected chi connectivity index (χ3v) is 20.6. The Morgan fingerprint density at radius 2 is 0.596 bits per heavy atom. The van der Waals surface area contributed by atoms with E-state index in [-0.39, 0.29) is 25.7 Å². The van der Waals surface area contributed by atoms with Gasteiger partial charge in [-0.15, -0.1) is 0 Å². The highest BCUT2D eigenvalue weighted by atomic mass is 31.2. The van der Waals surface area contributed by atoms with Crippen LogP contribution < -0.4 is 0 Å². The number of carbonyl (C=O) groups excluding carboxylic acids is 4. The normalized spacial score (nSPS) is 14.7. The van der Waals surface area contributed by atoms with E-state index in [0.29, 0.717) is 31.6 Å². The second-order valence-electron chi connectivity index (χ2n) is 29.1. The van der Waals surface area contributed by atoms with E-state index in [9.17, 15) is 43.2 Å². The van der Waals surface area contributed by atoms with Gasteiger partial charge in [0.1, 0.15) is 19.3 Å². The maximum Gasteiger partial charge on any atom is 0.472 e. The molecule has 0 heterocycles. The van der Waals surface area contributed by atoms with Crippen molar-refractivity contribution in [1.29, 1.82) is 0 Å². The van der Waals surface area contributed by atoms with Crippen molar-refractivity contribution >= 4 is 39.5 Å². The first-order valence-corrected chi connectivity index (χ1v) is 43.7. The number of ether oxygens (including phenoxy) is 4. The molecule has 0 spiro atoms. The van der Waals surface area contributed by atoms with Crippen LogP contribution in [0.2, 0.25) is 0 Å². The average Bonchev–Trinajstić information content (AvgIpc) is 3.81. The summed E-state index contributed by atoms with van der Waals surface area (Å²) in [5.41, 5.74) is 0. The minimum atomic E-state index is -4.97. The molecule has 19 heteroatoms. The number of hydrogen-bond acceptors (Lipinski definition) is 15. The predicted octanol–water partition coefficient (Wildman–Crippen LogP) is 23.3. The number of aliphatic hydroxyl groups excluding tert-OH is 1. The summed E-state index contributed by atoms with van der Waals surface area (Å²) in [6.07, 6.45) is 60.6. The number of hydrogen-bond donors (Lipinski definition) is 3. The van der Waals surface area contributed by atoms with Crippen molar-refractivity contribution in [3.8, 4) is 0 Å². The van der Waals surface area contributed by atoms with Crippen LogP contribution in [0.25, 0.3) is 0 Å². The van der Waals surface area contributed by atoms with E-state index in [1.807, 2.05) is 0 Å². The highest BCUT2D eigenvalue weighted by molar-refractivity contribution is 7.47. The van der Waals surface area contributed by atoms with Crippen LogP contribution in [0, 0.1) is 17.8 Å². The second kappa shape index (κ2) is 69.9. The van der Waals surface area contributed by atoms with Crippen LogP contribution in [-0.4, -0.2) is 96.7 Å². The summed E-state index contributed by atoms with van der Waals surface area (Å²) in [5.74, 6) is 0.202. The van der Waals surface area contributed by atoms with E-state index < -0.39 is 97.5 Å². The third kappa shape index (κ3) is 71.0. The summed E-state index contributed by atoms with van der Waals surface area (Å²) in [6, 6.07) is 0. The molecule has 0 rings (SSSR count). The predicted molar refractivity (Wildman–Crippen MR) is 404 cm³/mol. The molecule has 0 amide bonds. The smallest absolute Gasteiger partial charge is 0.462 e. The Morgan fingerprint density at radius 3 is 0.899 bits per heavy atom. The molecule has 0 aromatic carbocycles. The summed E-state index contributed by atoms with van der Waals surface area (Å²) in [7, 11) is -9.93. The molecule has 0 fully saturated rings. The van der Waals surface area contributed by atoms with Gasteiger partial charge in [-0.05, 0) is 69.1 Å². The lowest BCUT2D eigenvalue weighted by atomic mass is 9.99. The van der Waals surface area contributed by atoms with Gasteiger partial charge in [0.25, 0.3) is 0 Å². The molecule has 0 radical (unpaired) electrons. The van der Waals surface area contributed by atoms with E-state index in [2.05, 4.69) is 72.8 Å². The van der Waals surface area contributed by atoms with E-state index in [1.54, 1.807) is 0 Å². The Balaban J connectivity index is 5.22. The molecule has 0 aromatic heterocycles. The fraction of sp³-hybridized carbons (Fsp3) is 0.900. The quantitative estimate of drug-likeness (QED) is 0.0169. The van der Waals surface area contributed by atoms with Crippen LogP contribution in [0.3, 0.4) is 0 Å². The van der Waals surface area contributed by atoms with Gasteiger partial charge in [0.2, 0.25) is 0 Å². The highest BCUT2D eigenvalue weighted by Gasteiger charge is 2.30. The first-order chi connectivity index (χ1) is 47.8. The molecule has 17 nitrogen and oxygen atoms in total. The molecule has 0 aliphatic carbocycles. The zero-order valence-corrected chi connectivity index (χ0v) is 66.2. The summed E-state index contributed by atoms with van der Waals surface area (Å²) >= 11 is 0. The van der Waals surface area contributed by atoms with Crippen LogP contribution in [0.1, 0.15) is 389 Å². The molecular formula is C80H152O17P2. The summed E-state index contributed by atoms with van der Waals surface area (Å²) in [6.45, 7) is 11.9. The van der Waals surface area contributed by atoms with Crippen LogP contribution in [0.5, 0.6) is 0 Å². The Morgan fingerprint density at radius 1 is 0.333 bits per heavy atom. The fourth-order valence-electron chi connectivity index (χ4n) is 11.7. The number of phosphoric ester groups is 2. The van der Waals surface area contributed by atoms with E-state index >= 15 is 0 Å². The molecule has 3 N–H and O–H groups in total. The van der Waals surface area contributed by atoms with Crippen molar-refractivity contribution in [3.05, 3.63) is 24.3 Å². The molecule has 584 valence electrons. The van der Waals surface area contributed by atoms with Crippen LogP contribution >= 0.6 is 15.6 Å². The molecular weight excluding hydrogens is 1290 g/mol. The van der Waals surface area contributed by atoms with Crippen LogP contribution in [0.15, 0.2) is 24.3 Å². The molecule has 0 aliphatic rings. The molecule has 0 aromatic rings.